The molecule has 0 amide bonds. The molecule has 0 spiro atoms. The van der Waals surface area contributed by atoms with E-state index < -0.39 is 20.8 Å². The van der Waals surface area contributed by atoms with Crippen LogP contribution in [0.4, 0.5) is 0 Å². The van der Waals surface area contributed by atoms with Crippen molar-refractivity contribution >= 4 is 0 Å². The van der Waals surface area contributed by atoms with Gasteiger partial charge in [0.2, 0.25) is 0 Å². The van der Waals surface area contributed by atoms with Gasteiger partial charge in [-0.05, 0) is 0 Å². The fourth-order valence-electron chi connectivity index (χ4n) is 1.16. The third-order valence-electron chi connectivity index (χ3n) is 1.04. The Balaban J connectivity index is 3.79. The Morgan fingerprint density at radius 2 is 1.09 bits per heavy atom. The van der Waals surface area contributed by atoms with Crippen molar-refractivity contribution in [3.8, 4) is 0 Å². The molecule has 0 rings (SSSR count). The van der Waals surface area contributed by atoms with Gasteiger partial charge in [0.1, 0.15) is 0 Å². The zero-order valence-corrected chi connectivity index (χ0v) is 12.1. The van der Waals surface area contributed by atoms with Crippen LogP contribution in [0.1, 0.15) is 27.7 Å². The van der Waals surface area contributed by atoms with E-state index in [0.29, 0.717) is 12.2 Å². The van der Waals surface area contributed by atoms with E-state index in [1.807, 2.05) is 0 Å². The van der Waals surface area contributed by atoms with E-state index in [2.05, 4.69) is 37.1 Å². The van der Waals surface area contributed by atoms with Crippen molar-refractivity contribution in [2.75, 3.05) is 0 Å². The predicted octanol–water partition coefficient (Wildman–Crippen LogP) is 2.92. The van der Waals surface area contributed by atoms with Gasteiger partial charge >= 0.3 is 75.8 Å². The Labute approximate surface area is 75.8 Å². The van der Waals surface area contributed by atoms with Crippen LogP contribution in [0.5, 0.6) is 0 Å². The molecule has 0 saturated carbocycles. The Hall–Kier alpha value is 0.790. The number of hydrogen-bond acceptors (Lipinski definition) is 2. The second-order valence-corrected chi connectivity index (χ2v) is 15.5. The van der Waals surface area contributed by atoms with Gasteiger partial charge in [-0.2, -0.15) is 0 Å². The Morgan fingerprint density at radius 3 is 1.27 bits per heavy atom. The molecular formula is C8H20HfO2. The summed E-state index contributed by atoms with van der Waals surface area (Å²) in [5.41, 5.74) is 0. The molecule has 0 radical (unpaired) electrons. The van der Waals surface area contributed by atoms with Crippen LogP contribution in [0, 0.1) is 0 Å². The third kappa shape index (κ3) is 7.16. The van der Waals surface area contributed by atoms with Crippen LogP contribution in [-0.4, -0.2) is 12.2 Å². The molecule has 3 heteroatoms. The molecule has 68 valence electrons. The average molecular weight is 327 g/mol. The fourth-order valence-corrected chi connectivity index (χ4v) is 9.52. The van der Waals surface area contributed by atoms with Crippen molar-refractivity contribution in [2.24, 2.45) is 0 Å². The summed E-state index contributed by atoms with van der Waals surface area (Å²) in [6.07, 6.45) is 0.621. The van der Waals surface area contributed by atoms with Crippen molar-refractivity contribution in [2.45, 2.75) is 49.3 Å². The molecule has 11 heavy (non-hydrogen) atoms. The molecule has 0 fully saturated rings. The second-order valence-electron chi connectivity index (χ2n) is 3.73. The number of hydrogen-bond donors (Lipinski definition) is 0. The van der Waals surface area contributed by atoms with Crippen LogP contribution < -0.4 is 0 Å². The van der Waals surface area contributed by atoms with Gasteiger partial charge in [-0.15, -0.1) is 0 Å². The molecule has 0 aromatic heterocycles. The van der Waals surface area contributed by atoms with E-state index in [1.54, 1.807) is 0 Å². The molecule has 0 saturated heterocycles. The Kier molecular flexibility index (Phi) is 5.07. The van der Waals surface area contributed by atoms with E-state index in [4.69, 9.17) is 5.71 Å². The van der Waals surface area contributed by atoms with E-state index in [1.165, 1.54) is 0 Å². The summed E-state index contributed by atoms with van der Waals surface area (Å²) < 4.78 is 15.8. The van der Waals surface area contributed by atoms with E-state index in [0.717, 1.165) is 0 Å². The summed E-state index contributed by atoms with van der Waals surface area (Å²) in [5.74, 6) is 0. The van der Waals surface area contributed by atoms with E-state index in [9.17, 15) is 0 Å². The van der Waals surface area contributed by atoms with E-state index >= 15 is 0 Å². The standard InChI is InChI=1S/2C3H7O.2CH3.Hf/c2*1-3(2)4;;;/h2*3H,1-2H3;2*1H3;/q2*-1;;;+2. The van der Waals surface area contributed by atoms with Gasteiger partial charge in [-0.1, -0.05) is 0 Å². The van der Waals surface area contributed by atoms with Crippen molar-refractivity contribution in [1.82, 2.24) is 0 Å². The monoisotopic (exact) mass is 328 g/mol. The van der Waals surface area contributed by atoms with Gasteiger partial charge in [0.05, 0.1) is 0 Å². The molecule has 0 heterocycles. The van der Waals surface area contributed by atoms with Crippen LogP contribution in [0.25, 0.3) is 0 Å². The summed E-state index contributed by atoms with van der Waals surface area (Å²) in [6.45, 7) is 8.24. The first-order valence-electron chi connectivity index (χ1n) is 4.19. The van der Waals surface area contributed by atoms with Gasteiger partial charge in [-0.25, -0.2) is 0 Å². The molecule has 0 bridgehead atoms. The molecule has 0 atom stereocenters. The first-order chi connectivity index (χ1) is 4.83. The molecule has 0 aliphatic heterocycles. The topological polar surface area (TPSA) is 18.5 Å². The molecule has 0 N–H and O–H groups in total. The molecule has 0 aromatic rings. The summed E-state index contributed by atoms with van der Waals surface area (Å²) in [6, 6.07) is 0. The maximum absolute atomic E-state index is 5.75. The van der Waals surface area contributed by atoms with Crippen LogP contribution >= 0.6 is 0 Å². The van der Waals surface area contributed by atoms with Crippen molar-refractivity contribution in [3.63, 3.8) is 0 Å². The van der Waals surface area contributed by atoms with Gasteiger partial charge < -0.3 is 0 Å². The van der Waals surface area contributed by atoms with Gasteiger partial charge in [0.25, 0.3) is 0 Å². The normalized spacial score (nSPS) is 13.1. The maximum atomic E-state index is 5.75. The average Bonchev–Trinajstić information content (AvgIpc) is 1.53. The van der Waals surface area contributed by atoms with Crippen molar-refractivity contribution in [3.05, 3.63) is 0 Å². The van der Waals surface area contributed by atoms with Crippen molar-refractivity contribution < 1.29 is 26.6 Å². The first kappa shape index (κ1) is 11.8. The first-order valence-corrected chi connectivity index (χ1v) is 14.3. The van der Waals surface area contributed by atoms with Gasteiger partial charge in [0.15, 0.2) is 0 Å². The molecule has 0 unspecified atom stereocenters. The molecule has 0 aliphatic carbocycles. The summed E-state index contributed by atoms with van der Waals surface area (Å²) in [4.78, 5) is 0. The van der Waals surface area contributed by atoms with E-state index in [-0.39, 0.29) is 0 Å². The molecule has 0 aromatic carbocycles. The predicted molar refractivity (Wildman–Crippen MR) is 44.2 cm³/mol. The fraction of sp³-hybridized carbons (Fsp3) is 1.00. The Morgan fingerprint density at radius 1 is 0.818 bits per heavy atom. The van der Waals surface area contributed by atoms with Crippen LogP contribution in [0.15, 0.2) is 0 Å². The minimum atomic E-state index is -2.65. The quantitative estimate of drug-likeness (QED) is 0.740. The summed E-state index contributed by atoms with van der Waals surface area (Å²) in [5, 5.41) is 0. The zero-order chi connectivity index (χ0) is 9.07. The minimum absolute atomic E-state index is 0.311. The molecule has 2 nitrogen and oxygen atoms in total. The van der Waals surface area contributed by atoms with Gasteiger partial charge in [0, 0.05) is 0 Å². The van der Waals surface area contributed by atoms with Gasteiger partial charge in [-0.3, -0.25) is 0 Å². The Bertz CT molecular complexity index is 98.7. The SMILES string of the molecule is CC(C)[O][Hf]([CH3])([CH3])[O]C(C)C. The van der Waals surface area contributed by atoms with Crippen molar-refractivity contribution in [1.29, 1.82) is 0 Å². The number of rotatable bonds is 4. The van der Waals surface area contributed by atoms with Crippen LogP contribution in [0.3, 0.4) is 0 Å². The summed E-state index contributed by atoms with van der Waals surface area (Å²) >= 11 is -2.65. The molecular weight excluding hydrogens is 307 g/mol. The zero-order valence-electron chi connectivity index (χ0n) is 8.47. The molecule has 0 aliphatic rings. The third-order valence-corrected chi connectivity index (χ3v) is 8.50. The van der Waals surface area contributed by atoms with Crippen LogP contribution in [-0.2, 0) is 26.6 Å². The second kappa shape index (κ2) is 4.73. The summed E-state index contributed by atoms with van der Waals surface area (Å²) in [7, 11) is 0. The van der Waals surface area contributed by atoms with Crippen LogP contribution in [0.2, 0.25) is 9.36 Å².